The fourth-order valence-corrected chi connectivity index (χ4v) is 4.68. The molecule has 0 amide bonds. The van der Waals surface area contributed by atoms with Crippen LogP contribution >= 0.6 is 11.6 Å². The maximum absolute atomic E-state index is 6.64. The highest BCUT2D eigenvalue weighted by Gasteiger charge is 2.33. The first-order valence-electron chi connectivity index (χ1n) is 10.4. The van der Waals surface area contributed by atoms with Crippen molar-refractivity contribution >= 4 is 11.6 Å². The van der Waals surface area contributed by atoms with Gasteiger partial charge in [-0.1, -0.05) is 61.8 Å². The van der Waals surface area contributed by atoms with Crippen molar-refractivity contribution in [3.8, 4) is 11.3 Å². The number of hydrogen-bond donors (Lipinski definition) is 1. The van der Waals surface area contributed by atoms with Gasteiger partial charge in [0.15, 0.2) is 0 Å². The molecule has 2 atom stereocenters. The van der Waals surface area contributed by atoms with E-state index < -0.39 is 0 Å². The van der Waals surface area contributed by atoms with Gasteiger partial charge in [-0.2, -0.15) is 0 Å². The number of rotatable bonds is 5. The second-order valence-electron chi connectivity index (χ2n) is 9.20. The summed E-state index contributed by atoms with van der Waals surface area (Å²) < 4.78 is 0. The minimum atomic E-state index is -0.244. The third-order valence-corrected chi connectivity index (χ3v) is 6.27. The SMILES string of the molecule is CN(C)CC(C)(C)C(N)c1ncc2c(n1)-c1ccccc1C(c1ccc(Cl)cc1)C2. The second kappa shape index (κ2) is 8.10. The molecule has 2 N–H and O–H groups in total. The lowest BCUT2D eigenvalue weighted by molar-refractivity contribution is 0.195. The van der Waals surface area contributed by atoms with Crippen molar-refractivity contribution < 1.29 is 0 Å². The average molecular weight is 421 g/mol. The zero-order valence-electron chi connectivity index (χ0n) is 18.1. The van der Waals surface area contributed by atoms with Gasteiger partial charge in [-0.25, -0.2) is 9.97 Å². The smallest absolute Gasteiger partial charge is 0.146 e. The van der Waals surface area contributed by atoms with Gasteiger partial charge in [0, 0.05) is 29.2 Å². The number of aromatic nitrogens is 2. The van der Waals surface area contributed by atoms with E-state index in [9.17, 15) is 0 Å². The predicted molar refractivity (Wildman–Crippen MR) is 124 cm³/mol. The summed E-state index contributed by atoms with van der Waals surface area (Å²) in [5.74, 6) is 0.972. The zero-order chi connectivity index (χ0) is 21.5. The highest BCUT2D eigenvalue weighted by molar-refractivity contribution is 6.30. The largest absolute Gasteiger partial charge is 0.321 e. The molecule has 156 valence electrons. The summed E-state index contributed by atoms with van der Waals surface area (Å²) in [6.07, 6.45) is 2.84. The minimum absolute atomic E-state index is 0.141. The Kier molecular flexibility index (Phi) is 5.67. The van der Waals surface area contributed by atoms with E-state index in [0.29, 0.717) is 5.82 Å². The van der Waals surface area contributed by atoms with Gasteiger partial charge < -0.3 is 10.6 Å². The predicted octanol–water partition coefficient (Wildman–Crippen LogP) is 5.07. The molecule has 1 aliphatic carbocycles. The van der Waals surface area contributed by atoms with Crippen molar-refractivity contribution in [2.24, 2.45) is 11.1 Å². The van der Waals surface area contributed by atoms with Crippen LogP contribution in [0.25, 0.3) is 11.3 Å². The molecule has 0 saturated carbocycles. The number of nitrogens with two attached hydrogens (primary N) is 1. The van der Waals surface area contributed by atoms with E-state index in [4.69, 9.17) is 27.3 Å². The van der Waals surface area contributed by atoms with Gasteiger partial charge in [-0.05, 0) is 54.8 Å². The molecule has 2 unspecified atom stereocenters. The zero-order valence-corrected chi connectivity index (χ0v) is 18.8. The van der Waals surface area contributed by atoms with Crippen LogP contribution in [0.4, 0.5) is 0 Å². The van der Waals surface area contributed by atoms with Crippen molar-refractivity contribution in [2.45, 2.75) is 32.2 Å². The highest BCUT2D eigenvalue weighted by Crippen LogP contribution is 2.42. The van der Waals surface area contributed by atoms with Crippen LogP contribution in [0.2, 0.25) is 5.02 Å². The normalized spacial score (nSPS) is 16.8. The lowest BCUT2D eigenvalue weighted by Crippen LogP contribution is -2.39. The second-order valence-corrected chi connectivity index (χ2v) is 9.64. The summed E-state index contributed by atoms with van der Waals surface area (Å²) in [4.78, 5) is 11.9. The van der Waals surface area contributed by atoms with E-state index in [1.807, 2.05) is 18.3 Å². The Labute approximate surface area is 184 Å². The standard InChI is InChI=1S/C25H29ClN4/c1-25(2,15-30(3)4)23(27)24-28-14-17-13-21(16-9-11-18(26)12-10-16)19-7-5-6-8-20(19)22(17)29-24/h5-12,14,21,23H,13,15,27H2,1-4H3. The summed E-state index contributed by atoms with van der Waals surface area (Å²) in [7, 11) is 4.13. The number of halogens is 1. The quantitative estimate of drug-likeness (QED) is 0.625. The van der Waals surface area contributed by atoms with Gasteiger partial charge >= 0.3 is 0 Å². The molecule has 1 aliphatic rings. The molecule has 0 aliphatic heterocycles. The average Bonchev–Trinajstić information content (AvgIpc) is 2.72. The van der Waals surface area contributed by atoms with Crippen LogP contribution in [-0.4, -0.2) is 35.5 Å². The summed E-state index contributed by atoms with van der Waals surface area (Å²) >= 11 is 6.11. The lowest BCUT2D eigenvalue weighted by atomic mass is 9.77. The Morgan fingerprint density at radius 2 is 1.83 bits per heavy atom. The Bertz CT molecular complexity index is 1040. The van der Waals surface area contributed by atoms with Gasteiger partial charge in [0.1, 0.15) is 5.82 Å². The fraction of sp³-hybridized carbons (Fsp3) is 0.360. The van der Waals surface area contributed by atoms with Gasteiger partial charge in [-0.3, -0.25) is 0 Å². The van der Waals surface area contributed by atoms with E-state index in [1.54, 1.807) is 0 Å². The molecule has 0 saturated heterocycles. The number of hydrogen-bond acceptors (Lipinski definition) is 4. The van der Waals surface area contributed by atoms with Crippen molar-refractivity contribution in [2.75, 3.05) is 20.6 Å². The monoisotopic (exact) mass is 420 g/mol. The summed E-state index contributed by atoms with van der Waals surface area (Å²) in [6, 6.07) is 16.4. The van der Waals surface area contributed by atoms with E-state index in [0.717, 1.165) is 29.2 Å². The Balaban J connectivity index is 1.75. The van der Waals surface area contributed by atoms with Crippen molar-refractivity contribution in [3.63, 3.8) is 0 Å². The molecule has 0 radical (unpaired) electrons. The van der Waals surface area contributed by atoms with Gasteiger partial charge in [0.25, 0.3) is 0 Å². The number of nitrogens with zero attached hydrogens (tertiary/aromatic N) is 3. The first-order chi connectivity index (χ1) is 14.3. The summed E-state index contributed by atoms with van der Waals surface area (Å²) in [5, 5.41) is 0.755. The maximum Gasteiger partial charge on any atom is 0.146 e. The Morgan fingerprint density at radius 3 is 2.53 bits per heavy atom. The molecule has 1 heterocycles. The first-order valence-corrected chi connectivity index (χ1v) is 10.7. The van der Waals surface area contributed by atoms with Gasteiger partial charge in [0.2, 0.25) is 0 Å². The molecule has 5 heteroatoms. The fourth-order valence-electron chi connectivity index (χ4n) is 4.55. The van der Waals surface area contributed by atoms with Crippen LogP contribution in [0.15, 0.2) is 54.7 Å². The van der Waals surface area contributed by atoms with Crippen molar-refractivity contribution in [3.05, 3.63) is 82.3 Å². The Morgan fingerprint density at radius 1 is 1.13 bits per heavy atom. The van der Waals surface area contributed by atoms with Crippen molar-refractivity contribution in [1.82, 2.24) is 14.9 Å². The summed E-state index contributed by atoms with van der Waals surface area (Å²) in [5.41, 5.74) is 12.4. The molecule has 4 nitrogen and oxygen atoms in total. The first kappa shape index (κ1) is 21.0. The third-order valence-electron chi connectivity index (χ3n) is 6.01. The van der Waals surface area contributed by atoms with E-state index in [-0.39, 0.29) is 17.4 Å². The topological polar surface area (TPSA) is 55.0 Å². The molecular formula is C25H29ClN4. The lowest BCUT2D eigenvalue weighted by Gasteiger charge is -2.34. The van der Waals surface area contributed by atoms with Crippen LogP contribution in [0, 0.1) is 5.41 Å². The molecule has 4 rings (SSSR count). The minimum Gasteiger partial charge on any atom is -0.321 e. The number of benzene rings is 2. The van der Waals surface area contributed by atoms with Crippen LogP contribution in [-0.2, 0) is 6.42 Å². The van der Waals surface area contributed by atoms with E-state index in [2.05, 4.69) is 69.2 Å². The van der Waals surface area contributed by atoms with Crippen LogP contribution in [0.1, 0.15) is 48.3 Å². The van der Waals surface area contributed by atoms with Crippen molar-refractivity contribution in [1.29, 1.82) is 0 Å². The number of fused-ring (bicyclic) bond motifs is 3. The Hall–Kier alpha value is -2.27. The molecule has 30 heavy (non-hydrogen) atoms. The van der Waals surface area contributed by atoms with E-state index >= 15 is 0 Å². The van der Waals surface area contributed by atoms with Gasteiger partial charge in [0.05, 0.1) is 11.7 Å². The third kappa shape index (κ3) is 4.00. The van der Waals surface area contributed by atoms with Crippen LogP contribution in [0.5, 0.6) is 0 Å². The molecular weight excluding hydrogens is 392 g/mol. The molecule has 1 aromatic heterocycles. The van der Waals surface area contributed by atoms with Gasteiger partial charge in [-0.15, -0.1) is 0 Å². The van der Waals surface area contributed by atoms with Crippen LogP contribution < -0.4 is 5.73 Å². The molecule has 0 bridgehead atoms. The van der Waals surface area contributed by atoms with Crippen LogP contribution in [0.3, 0.4) is 0 Å². The maximum atomic E-state index is 6.64. The molecule has 3 aromatic rings. The summed E-state index contributed by atoms with van der Waals surface area (Å²) in [6.45, 7) is 5.21. The highest BCUT2D eigenvalue weighted by atomic mass is 35.5. The molecule has 0 fully saturated rings. The molecule has 0 spiro atoms. The van der Waals surface area contributed by atoms with E-state index in [1.165, 1.54) is 16.7 Å². The molecule has 2 aromatic carbocycles.